The van der Waals surface area contributed by atoms with Crippen LogP contribution in [0.3, 0.4) is 0 Å². The van der Waals surface area contributed by atoms with Crippen molar-refractivity contribution < 1.29 is 17.9 Å². The lowest BCUT2D eigenvalue weighted by molar-refractivity contribution is -0.167. The normalized spacial score (nSPS) is 20.5. The van der Waals surface area contributed by atoms with E-state index in [4.69, 9.17) is 40.2 Å². The first kappa shape index (κ1) is 25.8. The van der Waals surface area contributed by atoms with E-state index in [2.05, 4.69) is 15.0 Å². The van der Waals surface area contributed by atoms with Gasteiger partial charge in [-0.2, -0.15) is 4.72 Å². The summed E-state index contributed by atoms with van der Waals surface area (Å²) in [4.78, 5) is 17.7. The Morgan fingerprint density at radius 3 is 2.86 bits per heavy atom. The molecule has 35 heavy (non-hydrogen) atoms. The summed E-state index contributed by atoms with van der Waals surface area (Å²) in [6.07, 6.45) is 8.38. The zero-order valence-electron chi connectivity index (χ0n) is 18.8. The monoisotopic (exact) mass is 554 g/mol. The van der Waals surface area contributed by atoms with E-state index < -0.39 is 28.1 Å². The van der Waals surface area contributed by atoms with Crippen LogP contribution in [0, 0.1) is 5.92 Å². The zero-order valence-corrected chi connectivity index (χ0v) is 22.0. The molecule has 2 N–H and O–H groups in total. The van der Waals surface area contributed by atoms with Crippen LogP contribution in [-0.4, -0.2) is 42.4 Å². The fourth-order valence-electron chi connectivity index (χ4n) is 4.51. The van der Waals surface area contributed by atoms with Crippen LogP contribution < -0.4 is 10.0 Å². The summed E-state index contributed by atoms with van der Waals surface area (Å²) < 4.78 is 35.8. The van der Waals surface area contributed by atoms with Gasteiger partial charge in [0, 0.05) is 36.2 Å². The van der Waals surface area contributed by atoms with Gasteiger partial charge in [-0.25, -0.2) is 13.4 Å². The summed E-state index contributed by atoms with van der Waals surface area (Å²) in [6, 6.07) is 7.81. The van der Waals surface area contributed by atoms with Crippen LogP contribution in [0.4, 0.5) is 0 Å². The van der Waals surface area contributed by atoms with Crippen molar-refractivity contribution in [2.45, 2.75) is 36.2 Å². The molecule has 0 aliphatic heterocycles. The lowest BCUT2D eigenvalue weighted by atomic mass is 9.71. The maximum Gasteiger partial charge on any atom is 0.321 e. The largest absolute Gasteiger partial charge is 0.452 e. The molecule has 2 atom stereocenters. The van der Waals surface area contributed by atoms with Gasteiger partial charge < -0.3 is 14.5 Å². The number of thiocarbonyl (C=S) groups is 1. The third-order valence-electron chi connectivity index (χ3n) is 6.18. The number of esters is 1. The highest BCUT2D eigenvalue weighted by Gasteiger charge is 2.48. The number of nitrogens with zero attached hydrogens (tertiary/aromatic N) is 2. The third-order valence-corrected chi connectivity index (χ3v) is 8.79. The van der Waals surface area contributed by atoms with Crippen molar-refractivity contribution in [3.05, 3.63) is 64.5 Å². The highest BCUT2D eigenvalue weighted by atomic mass is 35.5. The molecular weight excluding hydrogens is 531 g/mol. The minimum Gasteiger partial charge on any atom is -0.452 e. The molecule has 2 unspecified atom stereocenters. The van der Waals surface area contributed by atoms with Crippen molar-refractivity contribution >= 4 is 62.0 Å². The smallest absolute Gasteiger partial charge is 0.321 e. The van der Waals surface area contributed by atoms with Gasteiger partial charge in [-0.3, -0.25) is 4.79 Å². The van der Waals surface area contributed by atoms with Crippen molar-refractivity contribution in [1.29, 1.82) is 0 Å². The van der Waals surface area contributed by atoms with E-state index in [1.807, 2.05) is 28.9 Å². The summed E-state index contributed by atoms with van der Waals surface area (Å²) in [5.74, 6) is -1.01. The first-order valence-electron chi connectivity index (χ1n) is 11.0. The van der Waals surface area contributed by atoms with E-state index in [9.17, 15) is 13.2 Å². The van der Waals surface area contributed by atoms with Crippen LogP contribution >= 0.6 is 35.4 Å². The molecule has 2 heterocycles. The van der Waals surface area contributed by atoms with Gasteiger partial charge in [0.05, 0.1) is 15.9 Å². The number of sulfonamides is 1. The summed E-state index contributed by atoms with van der Waals surface area (Å²) >= 11 is 17.6. The number of benzene rings is 1. The number of carbonyl (C=O) groups is 1. The van der Waals surface area contributed by atoms with Gasteiger partial charge in [0.15, 0.2) is 0 Å². The van der Waals surface area contributed by atoms with Crippen molar-refractivity contribution in [1.82, 2.24) is 19.4 Å². The lowest BCUT2D eigenvalue weighted by Gasteiger charge is -2.44. The third kappa shape index (κ3) is 5.31. The van der Waals surface area contributed by atoms with Crippen LogP contribution in [0.1, 0.15) is 31.2 Å². The molecule has 0 bridgehead atoms. The molecule has 186 valence electrons. The highest BCUT2D eigenvalue weighted by Crippen LogP contribution is 2.45. The number of aromatic nitrogens is 2. The SMILES string of the molecule is CNC(=S)C1CCCCC1(OC(=O)CNS(=O)(=O)c1cc(Cl)ccc1Cl)c1ccc2nccn2c1. The predicted molar refractivity (Wildman–Crippen MR) is 138 cm³/mol. The molecule has 1 aromatic carbocycles. The Hall–Kier alpha value is -2.24. The summed E-state index contributed by atoms with van der Waals surface area (Å²) in [7, 11) is -2.37. The Morgan fingerprint density at radius 1 is 1.29 bits per heavy atom. The molecule has 12 heteroatoms. The molecule has 1 aliphatic carbocycles. The second-order valence-corrected chi connectivity index (χ2v) is 11.3. The van der Waals surface area contributed by atoms with Crippen LogP contribution in [0.2, 0.25) is 10.0 Å². The molecule has 4 rings (SSSR count). The van der Waals surface area contributed by atoms with Crippen LogP contribution in [0.5, 0.6) is 0 Å². The lowest BCUT2D eigenvalue weighted by Crippen LogP contribution is -2.49. The second kappa shape index (κ2) is 10.4. The second-order valence-electron chi connectivity index (χ2n) is 8.29. The summed E-state index contributed by atoms with van der Waals surface area (Å²) in [5, 5.41) is 3.23. The first-order valence-corrected chi connectivity index (χ1v) is 13.6. The Bertz CT molecular complexity index is 1380. The van der Waals surface area contributed by atoms with Gasteiger partial charge >= 0.3 is 5.97 Å². The fraction of sp³-hybridized carbons (Fsp3) is 0.348. The predicted octanol–water partition coefficient (Wildman–Crippen LogP) is 4.10. The standard InChI is InChI=1S/C23H24Cl2N4O4S2/c1-26-22(34)17-4-2-3-9-23(17,15-5-8-20-27-10-11-29(20)14-15)33-21(30)13-28-35(31,32)19-12-16(24)6-7-18(19)25/h5-8,10-12,14,17,28H,2-4,9,13H2,1H3,(H,26,34). The maximum absolute atomic E-state index is 13.1. The number of imidazole rings is 1. The van der Waals surface area contributed by atoms with Gasteiger partial charge in [0.1, 0.15) is 22.7 Å². The van der Waals surface area contributed by atoms with E-state index in [1.54, 1.807) is 13.2 Å². The molecule has 2 aromatic heterocycles. The first-order chi connectivity index (χ1) is 16.7. The Labute approximate surface area is 219 Å². The van der Waals surface area contributed by atoms with Crippen molar-refractivity contribution in [2.24, 2.45) is 5.92 Å². The molecule has 1 saturated carbocycles. The van der Waals surface area contributed by atoms with Gasteiger partial charge in [-0.05, 0) is 49.6 Å². The van der Waals surface area contributed by atoms with Crippen LogP contribution in [0.15, 0.2) is 53.8 Å². The number of halogens is 2. The number of nitrogens with one attached hydrogen (secondary N) is 2. The molecule has 0 spiro atoms. The zero-order chi connectivity index (χ0) is 25.2. The number of fused-ring (bicyclic) bond motifs is 1. The number of carbonyl (C=O) groups excluding carboxylic acids is 1. The summed E-state index contributed by atoms with van der Waals surface area (Å²) in [5.41, 5.74) is 0.455. The molecule has 1 fully saturated rings. The maximum atomic E-state index is 13.1. The molecule has 8 nitrogen and oxygen atoms in total. The van der Waals surface area contributed by atoms with Gasteiger partial charge in [-0.15, -0.1) is 0 Å². The van der Waals surface area contributed by atoms with Gasteiger partial charge in [-0.1, -0.05) is 41.8 Å². The number of rotatable bonds is 7. The average molecular weight is 556 g/mol. The average Bonchev–Trinajstić information content (AvgIpc) is 3.32. The number of hydrogen-bond donors (Lipinski definition) is 2. The molecule has 3 aromatic rings. The van der Waals surface area contributed by atoms with Crippen molar-refractivity contribution in [2.75, 3.05) is 13.6 Å². The molecule has 0 radical (unpaired) electrons. The van der Waals surface area contributed by atoms with Gasteiger partial charge in [0.2, 0.25) is 10.0 Å². The Kier molecular flexibility index (Phi) is 7.68. The van der Waals surface area contributed by atoms with E-state index in [0.717, 1.165) is 30.5 Å². The van der Waals surface area contributed by atoms with Crippen LogP contribution in [-0.2, 0) is 25.2 Å². The topological polar surface area (TPSA) is 102 Å². The van der Waals surface area contributed by atoms with E-state index >= 15 is 0 Å². The van der Waals surface area contributed by atoms with Crippen LogP contribution in [0.25, 0.3) is 5.65 Å². The quantitative estimate of drug-likeness (QED) is 0.335. The van der Waals surface area contributed by atoms with Gasteiger partial charge in [0.25, 0.3) is 0 Å². The number of pyridine rings is 1. The highest BCUT2D eigenvalue weighted by molar-refractivity contribution is 7.89. The Balaban J connectivity index is 1.63. The van der Waals surface area contributed by atoms with E-state index in [-0.39, 0.29) is 20.9 Å². The van der Waals surface area contributed by atoms with Crippen molar-refractivity contribution in [3.63, 3.8) is 0 Å². The summed E-state index contributed by atoms with van der Waals surface area (Å²) in [6.45, 7) is -0.584. The molecule has 0 amide bonds. The molecule has 0 saturated heterocycles. The molecule has 1 aliphatic rings. The van der Waals surface area contributed by atoms with E-state index in [0.29, 0.717) is 11.4 Å². The molecular formula is C23H24Cl2N4O4S2. The number of ether oxygens (including phenoxy) is 1. The Morgan fingerprint density at radius 2 is 2.09 bits per heavy atom. The minimum atomic E-state index is -4.11. The fourth-order valence-corrected chi connectivity index (χ4v) is 6.55. The van der Waals surface area contributed by atoms with E-state index in [1.165, 1.54) is 18.2 Å². The minimum absolute atomic E-state index is 0.00733. The van der Waals surface area contributed by atoms with Crippen molar-refractivity contribution in [3.8, 4) is 0 Å². The number of hydrogen-bond acceptors (Lipinski definition) is 6.